The average Bonchev–Trinajstić information content (AvgIpc) is 3.16. The van der Waals surface area contributed by atoms with Crippen molar-refractivity contribution in [1.29, 1.82) is 0 Å². The van der Waals surface area contributed by atoms with Crippen LogP contribution in [0.3, 0.4) is 0 Å². The Morgan fingerprint density at radius 3 is 2.35 bits per heavy atom. The van der Waals surface area contributed by atoms with Crippen molar-refractivity contribution in [3.8, 4) is 17.2 Å². The van der Waals surface area contributed by atoms with Gasteiger partial charge in [0.1, 0.15) is 11.5 Å². The van der Waals surface area contributed by atoms with Gasteiger partial charge in [0.05, 0.1) is 31.9 Å². The van der Waals surface area contributed by atoms with Crippen LogP contribution in [0, 0.1) is 13.8 Å². The molecule has 1 aliphatic rings. The number of carbonyl (C=O) groups is 2. The van der Waals surface area contributed by atoms with E-state index in [1.54, 1.807) is 49.6 Å². The second-order valence-corrected chi connectivity index (χ2v) is 8.69. The number of aliphatic hydroxyl groups excluding tert-OH is 1. The van der Waals surface area contributed by atoms with Crippen LogP contribution in [0.5, 0.6) is 17.2 Å². The highest BCUT2D eigenvalue weighted by atomic mass is 16.5. The van der Waals surface area contributed by atoms with E-state index in [2.05, 4.69) is 0 Å². The maximum atomic E-state index is 13.6. The van der Waals surface area contributed by atoms with Gasteiger partial charge in [-0.25, -0.2) is 0 Å². The van der Waals surface area contributed by atoms with Gasteiger partial charge in [0, 0.05) is 11.3 Å². The summed E-state index contributed by atoms with van der Waals surface area (Å²) in [6, 6.07) is 16.8. The Labute approximate surface area is 216 Å². The lowest BCUT2D eigenvalue weighted by molar-refractivity contribution is -0.132. The van der Waals surface area contributed by atoms with E-state index < -0.39 is 17.7 Å². The van der Waals surface area contributed by atoms with Crippen LogP contribution in [-0.2, 0) is 9.59 Å². The van der Waals surface area contributed by atoms with Crippen molar-refractivity contribution >= 4 is 23.1 Å². The first-order valence-electron chi connectivity index (χ1n) is 12.2. The summed E-state index contributed by atoms with van der Waals surface area (Å²) in [5, 5.41) is 11.5. The molecule has 1 atom stereocenters. The number of benzene rings is 3. The molecule has 1 unspecified atom stereocenters. The zero-order valence-electron chi connectivity index (χ0n) is 21.7. The Balaban J connectivity index is 1.98. The molecule has 7 heteroatoms. The maximum absolute atomic E-state index is 13.6. The maximum Gasteiger partial charge on any atom is 0.300 e. The highest BCUT2D eigenvalue weighted by Crippen LogP contribution is 2.45. The molecule has 1 N–H and O–H groups in total. The molecule has 3 aromatic rings. The van der Waals surface area contributed by atoms with Gasteiger partial charge < -0.3 is 19.3 Å². The third kappa shape index (κ3) is 4.77. The van der Waals surface area contributed by atoms with Crippen LogP contribution in [0.4, 0.5) is 5.69 Å². The van der Waals surface area contributed by atoms with Crippen molar-refractivity contribution in [2.75, 3.05) is 25.2 Å². The van der Waals surface area contributed by atoms with Gasteiger partial charge in [-0.05, 0) is 74.7 Å². The van der Waals surface area contributed by atoms with Crippen molar-refractivity contribution in [2.45, 2.75) is 33.7 Å². The normalized spacial score (nSPS) is 16.7. The minimum absolute atomic E-state index is 0.00725. The van der Waals surface area contributed by atoms with Crippen LogP contribution in [0.2, 0.25) is 0 Å². The summed E-state index contributed by atoms with van der Waals surface area (Å²) >= 11 is 0. The van der Waals surface area contributed by atoms with Crippen molar-refractivity contribution in [2.24, 2.45) is 0 Å². The van der Waals surface area contributed by atoms with Gasteiger partial charge in [0.25, 0.3) is 11.7 Å². The molecule has 1 saturated heterocycles. The number of ketones is 1. The Bertz CT molecular complexity index is 1380. The summed E-state index contributed by atoms with van der Waals surface area (Å²) in [7, 11) is 1.55. The van der Waals surface area contributed by atoms with E-state index in [9.17, 15) is 14.7 Å². The number of rotatable bonds is 8. The molecule has 1 heterocycles. The minimum atomic E-state index is -0.888. The lowest BCUT2D eigenvalue weighted by atomic mass is 9.94. The third-order valence-corrected chi connectivity index (χ3v) is 6.50. The Kier molecular flexibility index (Phi) is 7.53. The van der Waals surface area contributed by atoms with E-state index in [0.717, 1.165) is 11.1 Å². The highest BCUT2D eigenvalue weighted by molar-refractivity contribution is 6.51. The quantitative estimate of drug-likeness (QED) is 0.241. The summed E-state index contributed by atoms with van der Waals surface area (Å²) in [5.74, 6) is -0.193. The molecule has 1 amide bonds. The van der Waals surface area contributed by atoms with Gasteiger partial charge in [-0.2, -0.15) is 0 Å². The van der Waals surface area contributed by atoms with Crippen LogP contribution in [0.1, 0.15) is 42.1 Å². The van der Waals surface area contributed by atoms with E-state index in [1.165, 1.54) is 4.90 Å². The molecule has 0 aliphatic carbocycles. The van der Waals surface area contributed by atoms with Crippen molar-refractivity contribution in [1.82, 2.24) is 0 Å². The lowest BCUT2D eigenvalue weighted by Crippen LogP contribution is -2.30. The van der Waals surface area contributed by atoms with E-state index in [4.69, 9.17) is 14.2 Å². The van der Waals surface area contributed by atoms with Crippen molar-refractivity contribution in [3.63, 3.8) is 0 Å². The first-order chi connectivity index (χ1) is 17.8. The van der Waals surface area contributed by atoms with Gasteiger partial charge in [0.15, 0.2) is 11.5 Å². The standard InChI is InChI=1S/C30H31NO6/c1-6-36-22-12-9-11-21(16-22)28(32)26-27(20-14-15-24(35-5)25(17-20)37-7-2)31(30(34)29(26)33)23-13-8-10-18(3)19(23)4/h8-17,27,32H,6-7H2,1-5H3/b28-26+. The molecule has 1 fully saturated rings. The lowest BCUT2D eigenvalue weighted by Gasteiger charge is -2.28. The first-order valence-corrected chi connectivity index (χ1v) is 12.2. The summed E-state index contributed by atoms with van der Waals surface area (Å²) in [4.78, 5) is 28.5. The molecule has 0 radical (unpaired) electrons. The smallest absolute Gasteiger partial charge is 0.300 e. The number of ether oxygens (including phenoxy) is 3. The number of methoxy groups -OCH3 is 1. The molecule has 3 aromatic carbocycles. The molecule has 192 valence electrons. The van der Waals surface area contributed by atoms with E-state index >= 15 is 0 Å². The molecule has 37 heavy (non-hydrogen) atoms. The predicted molar refractivity (Wildman–Crippen MR) is 142 cm³/mol. The Hall–Kier alpha value is -4.26. The number of aliphatic hydroxyl groups is 1. The van der Waals surface area contributed by atoms with Gasteiger partial charge in [-0.15, -0.1) is 0 Å². The molecule has 1 aliphatic heterocycles. The SMILES string of the molecule is CCOc1cccc(/C(O)=C2\C(=O)C(=O)N(c3cccc(C)c3C)C2c2ccc(OC)c(OCC)c2)c1. The monoisotopic (exact) mass is 501 g/mol. The number of Topliss-reactive ketones (excluding diaryl/α,β-unsaturated/α-hetero) is 1. The summed E-state index contributed by atoms with van der Waals surface area (Å²) < 4.78 is 16.8. The molecule has 0 spiro atoms. The van der Waals surface area contributed by atoms with Crippen molar-refractivity contribution < 1.29 is 28.9 Å². The number of hydrogen-bond donors (Lipinski definition) is 1. The number of hydrogen-bond acceptors (Lipinski definition) is 6. The molecular formula is C30H31NO6. The fraction of sp³-hybridized carbons (Fsp3) is 0.267. The van der Waals surface area contributed by atoms with Gasteiger partial charge in [0.2, 0.25) is 0 Å². The molecular weight excluding hydrogens is 470 g/mol. The topological polar surface area (TPSA) is 85.3 Å². The van der Waals surface area contributed by atoms with Crippen LogP contribution < -0.4 is 19.1 Å². The zero-order valence-corrected chi connectivity index (χ0v) is 21.7. The van der Waals surface area contributed by atoms with Crippen LogP contribution in [-0.4, -0.2) is 37.1 Å². The average molecular weight is 502 g/mol. The minimum Gasteiger partial charge on any atom is -0.507 e. The van der Waals surface area contributed by atoms with Gasteiger partial charge in [-0.1, -0.05) is 30.3 Å². The summed E-state index contributed by atoms with van der Waals surface area (Å²) in [6.45, 7) is 8.44. The molecule has 0 saturated carbocycles. The molecule has 0 aromatic heterocycles. The van der Waals surface area contributed by atoms with E-state index in [1.807, 2.05) is 45.9 Å². The Morgan fingerprint density at radius 1 is 0.919 bits per heavy atom. The van der Waals surface area contributed by atoms with Crippen LogP contribution in [0.15, 0.2) is 66.2 Å². The second kappa shape index (κ2) is 10.8. The fourth-order valence-corrected chi connectivity index (χ4v) is 4.58. The van der Waals surface area contributed by atoms with E-state index in [-0.39, 0.29) is 11.3 Å². The molecule has 0 bridgehead atoms. The summed E-state index contributed by atoms with van der Waals surface area (Å²) in [5.41, 5.74) is 3.43. The van der Waals surface area contributed by atoms with Crippen molar-refractivity contribution in [3.05, 3.63) is 88.5 Å². The third-order valence-electron chi connectivity index (χ3n) is 6.50. The summed E-state index contributed by atoms with van der Waals surface area (Å²) in [6.07, 6.45) is 0. The fourth-order valence-electron chi connectivity index (χ4n) is 4.58. The van der Waals surface area contributed by atoms with Crippen LogP contribution in [0.25, 0.3) is 5.76 Å². The number of amides is 1. The molecule has 4 rings (SSSR count). The van der Waals surface area contributed by atoms with Gasteiger partial charge in [-0.3, -0.25) is 14.5 Å². The number of aryl methyl sites for hydroxylation is 1. The second-order valence-electron chi connectivity index (χ2n) is 8.69. The van der Waals surface area contributed by atoms with Crippen LogP contribution >= 0.6 is 0 Å². The van der Waals surface area contributed by atoms with E-state index in [0.29, 0.717) is 47.3 Å². The first kappa shape index (κ1) is 25.8. The predicted octanol–water partition coefficient (Wildman–Crippen LogP) is 5.74. The zero-order chi connectivity index (χ0) is 26.7. The Morgan fingerprint density at radius 2 is 1.65 bits per heavy atom. The van der Waals surface area contributed by atoms with Gasteiger partial charge >= 0.3 is 0 Å². The number of nitrogens with zero attached hydrogens (tertiary/aromatic N) is 1. The largest absolute Gasteiger partial charge is 0.507 e. The molecule has 7 nitrogen and oxygen atoms in total. The number of carbonyl (C=O) groups excluding carboxylic acids is 2. The number of anilines is 1. The highest BCUT2D eigenvalue weighted by Gasteiger charge is 2.47.